The number of aromatic nitrogens is 2. The van der Waals surface area contributed by atoms with Crippen molar-refractivity contribution < 1.29 is 4.74 Å². The summed E-state index contributed by atoms with van der Waals surface area (Å²) in [6.45, 7) is 3.85. The van der Waals surface area contributed by atoms with E-state index in [2.05, 4.69) is 5.10 Å². The number of anilines is 1. The van der Waals surface area contributed by atoms with E-state index in [1.165, 1.54) is 5.56 Å². The number of nitrogens with two attached hydrogens (primary N) is 1. The molecular weight excluding hydrogens is 214 g/mol. The molecule has 0 radical (unpaired) electrons. The minimum absolute atomic E-state index is 0.611. The van der Waals surface area contributed by atoms with E-state index < -0.39 is 0 Å². The first-order chi connectivity index (χ1) is 8.25. The lowest BCUT2D eigenvalue weighted by Gasteiger charge is -2.05. The number of nitrogen functional groups attached to an aromatic ring is 1. The normalized spacial score (nSPS) is 10.6. The van der Waals surface area contributed by atoms with E-state index in [0.29, 0.717) is 25.6 Å². The maximum atomic E-state index is 5.78. The smallest absolute Gasteiger partial charge is 0.122 e. The molecule has 0 bridgehead atoms. The molecule has 0 atom stereocenters. The van der Waals surface area contributed by atoms with Crippen molar-refractivity contribution in [3.05, 3.63) is 47.7 Å². The van der Waals surface area contributed by atoms with Crippen molar-refractivity contribution in [2.45, 2.75) is 20.1 Å². The minimum Gasteiger partial charge on any atom is -0.384 e. The minimum atomic E-state index is 0.611. The number of ether oxygens (including phenoxy) is 1. The summed E-state index contributed by atoms with van der Waals surface area (Å²) in [6.07, 6.45) is 0. The van der Waals surface area contributed by atoms with Crippen molar-refractivity contribution >= 4 is 5.82 Å². The van der Waals surface area contributed by atoms with E-state index in [4.69, 9.17) is 10.5 Å². The van der Waals surface area contributed by atoms with Gasteiger partial charge in [-0.2, -0.15) is 5.10 Å². The number of nitrogens with zero attached hydrogens (tertiary/aromatic N) is 2. The molecule has 0 saturated heterocycles. The van der Waals surface area contributed by atoms with Gasteiger partial charge in [-0.05, 0) is 12.5 Å². The molecule has 0 aliphatic heterocycles. The van der Waals surface area contributed by atoms with E-state index in [1.807, 2.05) is 43.3 Å². The molecule has 1 aromatic carbocycles. The highest BCUT2D eigenvalue weighted by atomic mass is 16.5. The summed E-state index contributed by atoms with van der Waals surface area (Å²) >= 11 is 0. The van der Waals surface area contributed by atoms with Gasteiger partial charge in [-0.3, -0.25) is 0 Å². The Morgan fingerprint density at radius 3 is 2.71 bits per heavy atom. The van der Waals surface area contributed by atoms with Gasteiger partial charge in [-0.25, -0.2) is 4.68 Å². The van der Waals surface area contributed by atoms with E-state index in [-0.39, 0.29) is 0 Å². The van der Waals surface area contributed by atoms with Gasteiger partial charge in [0.15, 0.2) is 0 Å². The van der Waals surface area contributed by atoms with Gasteiger partial charge in [0.2, 0.25) is 0 Å². The molecule has 2 rings (SSSR count). The van der Waals surface area contributed by atoms with Crippen molar-refractivity contribution in [1.82, 2.24) is 9.78 Å². The Balaban J connectivity index is 1.75. The first kappa shape index (κ1) is 11.7. The van der Waals surface area contributed by atoms with Gasteiger partial charge in [0, 0.05) is 6.07 Å². The second kappa shape index (κ2) is 5.50. The number of benzene rings is 1. The third-order valence-electron chi connectivity index (χ3n) is 2.49. The van der Waals surface area contributed by atoms with E-state index >= 15 is 0 Å². The quantitative estimate of drug-likeness (QED) is 0.801. The lowest BCUT2D eigenvalue weighted by molar-refractivity contribution is 0.111. The topological polar surface area (TPSA) is 53.1 Å². The molecule has 4 heteroatoms. The molecule has 4 nitrogen and oxygen atoms in total. The van der Waals surface area contributed by atoms with Crippen molar-refractivity contribution in [2.24, 2.45) is 0 Å². The summed E-state index contributed by atoms with van der Waals surface area (Å²) in [5.41, 5.74) is 7.89. The zero-order chi connectivity index (χ0) is 12.1. The SMILES string of the molecule is Cc1cc(N)n(CCOCc2ccccc2)n1. The first-order valence-electron chi connectivity index (χ1n) is 5.67. The largest absolute Gasteiger partial charge is 0.384 e. The van der Waals surface area contributed by atoms with Crippen LogP contribution in [0.5, 0.6) is 0 Å². The zero-order valence-electron chi connectivity index (χ0n) is 9.97. The fourth-order valence-corrected chi connectivity index (χ4v) is 1.66. The van der Waals surface area contributed by atoms with Gasteiger partial charge in [0.05, 0.1) is 25.5 Å². The highest BCUT2D eigenvalue weighted by Gasteiger charge is 2.00. The molecule has 1 aromatic heterocycles. The molecular formula is C13H17N3O. The number of hydrogen-bond acceptors (Lipinski definition) is 3. The van der Waals surface area contributed by atoms with Crippen molar-refractivity contribution in [3.8, 4) is 0 Å². The van der Waals surface area contributed by atoms with Gasteiger partial charge in [-0.1, -0.05) is 30.3 Å². The van der Waals surface area contributed by atoms with Crippen molar-refractivity contribution in [2.75, 3.05) is 12.3 Å². The van der Waals surface area contributed by atoms with Crippen LogP contribution < -0.4 is 5.73 Å². The van der Waals surface area contributed by atoms with E-state index in [1.54, 1.807) is 4.68 Å². The molecule has 0 saturated carbocycles. The highest BCUT2D eigenvalue weighted by Crippen LogP contribution is 2.05. The Labute approximate surface area is 101 Å². The van der Waals surface area contributed by atoms with Gasteiger partial charge in [0.25, 0.3) is 0 Å². The predicted molar refractivity (Wildman–Crippen MR) is 67.5 cm³/mol. The average molecular weight is 231 g/mol. The molecule has 0 amide bonds. The van der Waals surface area contributed by atoms with Crippen LogP contribution in [0.3, 0.4) is 0 Å². The number of aryl methyl sites for hydroxylation is 1. The summed E-state index contributed by atoms with van der Waals surface area (Å²) in [6, 6.07) is 12.0. The zero-order valence-corrected chi connectivity index (χ0v) is 9.97. The van der Waals surface area contributed by atoms with Gasteiger partial charge in [-0.15, -0.1) is 0 Å². The molecule has 1 heterocycles. The molecule has 17 heavy (non-hydrogen) atoms. The van der Waals surface area contributed by atoms with Crippen LogP contribution in [-0.4, -0.2) is 16.4 Å². The first-order valence-corrected chi connectivity index (χ1v) is 5.67. The van der Waals surface area contributed by atoms with Crippen LogP contribution in [-0.2, 0) is 17.9 Å². The van der Waals surface area contributed by atoms with Crippen LogP contribution in [0.1, 0.15) is 11.3 Å². The van der Waals surface area contributed by atoms with Crippen LogP contribution in [0.4, 0.5) is 5.82 Å². The van der Waals surface area contributed by atoms with E-state index in [9.17, 15) is 0 Å². The second-order valence-electron chi connectivity index (χ2n) is 3.97. The molecule has 0 unspecified atom stereocenters. The van der Waals surface area contributed by atoms with Crippen LogP contribution in [0, 0.1) is 6.92 Å². The van der Waals surface area contributed by atoms with Crippen LogP contribution in [0.25, 0.3) is 0 Å². The third kappa shape index (κ3) is 3.32. The lowest BCUT2D eigenvalue weighted by atomic mass is 10.2. The summed E-state index contributed by atoms with van der Waals surface area (Å²) in [5, 5.41) is 4.27. The third-order valence-corrected chi connectivity index (χ3v) is 2.49. The van der Waals surface area contributed by atoms with Crippen LogP contribution in [0.2, 0.25) is 0 Å². The molecule has 0 spiro atoms. The Bertz CT molecular complexity index is 465. The average Bonchev–Trinajstić information content (AvgIpc) is 2.65. The van der Waals surface area contributed by atoms with Gasteiger partial charge >= 0.3 is 0 Å². The number of rotatable bonds is 5. The predicted octanol–water partition coefficient (Wildman–Crippen LogP) is 1.99. The van der Waals surface area contributed by atoms with Crippen molar-refractivity contribution in [1.29, 1.82) is 0 Å². The second-order valence-corrected chi connectivity index (χ2v) is 3.97. The maximum absolute atomic E-state index is 5.78. The fourth-order valence-electron chi connectivity index (χ4n) is 1.66. The van der Waals surface area contributed by atoms with E-state index in [0.717, 1.165) is 5.69 Å². The Morgan fingerprint density at radius 2 is 2.06 bits per heavy atom. The summed E-state index contributed by atoms with van der Waals surface area (Å²) in [4.78, 5) is 0. The Kier molecular flexibility index (Phi) is 3.77. The fraction of sp³-hybridized carbons (Fsp3) is 0.308. The Morgan fingerprint density at radius 1 is 1.29 bits per heavy atom. The molecule has 2 N–H and O–H groups in total. The van der Waals surface area contributed by atoms with Crippen molar-refractivity contribution in [3.63, 3.8) is 0 Å². The van der Waals surface area contributed by atoms with Gasteiger partial charge < -0.3 is 10.5 Å². The molecule has 90 valence electrons. The highest BCUT2D eigenvalue weighted by molar-refractivity contribution is 5.29. The Hall–Kier alpha value is -1.81. The lowest BCUT2D eigenvalue weighted by Crippen LogP contribution is -2.10. The van der Waals surface area contributed by atoms with Crippen LogP contribution in [0.15, 0.2) is 36.4 Å². The monoisotopic (exact) mass is 231 g/mol. The molecule has 2 aromatic rings. The number of hydrogen-bond donors (Lipinski definition) is 1. The standard InChI is InChI=1S/C13H17N3O/c1-11-9-13(14)16(15-11)7-8-17-10-12-5-3-2-4-6-12/h2-6,9H,7-8,10,14H2,1H3. The summed E-state index contributed by atoms with van der Waals surface area (Å²) in [5.74, 6) is 0.686. The molecule has 0 fully saturated rings. The maximum Gasteiger partial charge on any atom is 0.122 e. The summed E-state index contributed by atoms with van der Waals surface area (Å²) < 4.78 is 7.34. The molecule has 0 aliphatic rings. The van der Waals surface area contributed by atoms with Gasteiger partial charge in [0.1, 0.15) is 5.82 Å². The van der Waals surface area contributed by atoms with Crippen LogP contribution >= 0.6 is 0 Å². The summed E-state index contributed by atoms with van der Waals surface area (Å²) in [7, 11) is 0. The molecule has 0 aliphatic carbocycles.